The van der Waals surface area contributed by atoms with Crippen molar-refractivity contribution in [1.29, 1.82) is 0 Å². The fourth-order valence-electron chi connectivity index (χ4n) is 2.33. The molecule has 0 aliphatic carbocycles. The Morgan fingerprint density at radius 1 is 1.54 bits per heavy atom. The lowest BCUT2D eigenvalue weighted by Crippen LogP contribution is -2.24. The summed E-state index contributed by atoms with van der Waals surface area (Å²) in [6.45, 7) is 0.694. The Balaban J connectivity index is 0.000000254. The number of amides is 2. The number of terminal acetylenes is 1. The van der Waals surface area contributed by atoms with Gasteiger partial charge in [0.05, 0.1) is 0 Å². The van der Waals surface area contributed by atoms with Gasteiger partial charge >= 0.3 is 0 Å². The number of thiazole rings is 1. The van der Waals surface area contributed by atoms with Crippen molar-refractivity contribution in [2.24, 2.45) is 5.73 Å². The molecule has 1 saturated heterocycles. The molecule has 1 aromatic carbocycles. The number of likely N-dealkylation sites (N-methyl/N-ethyl adjacent to an activating group) is 1. The monoisotopic (exact) mass is 372 g/mol. The molecule has 3 rings (SSSR count). The van der Waals surface area contributed by atoms with E-state index in [0.717, 1.165) is 11.1 Å². The van der Waals surface area contributed by atoms with E-state index in [1.54, 1.807) is 14.1 Å². The number of primary amides is 1. The first-order chi connectivity index (χ1) is 12.4. The van der Waals surface area contributed by atoms with Gasteiger partial charge in [-0.2, -0.15) is 0 Å². The van der Waals surface area contributed by atoms with Crippen LogP contribution in [-0.4, -0.2) is 53.5 Å². The molecule has 0 bridgehead atoms. The highest BCUT2D eigenvalue weighted by Gasteiger charge is 2.26. The molecule has 1 aliphatic rings. The summed E-state index contributed by atoms with van der Waals surface area (Å²) in [6.07, 6.45) is 5.22. The lowest BCUT2D eigenvalue weighted by molar-refractivity contribution is -0.133. The average Bonchev–Trinajstić information content (AvgIpc) is 3.21. The van der Waals surface area contributed by atoms with Crippen molar-refractivity contribution >= 4 is 28.2 Å². The highest BCUT2D eigenvalue weighted by molar-refractivity contribution is 7.19. The fraction of sp³-hybridized carbons (Fsp3) is 0.278. The van der Waals surface area contributed by atoms with Crippen LogP contribution in [0.5, 0.6) is 0 Å². The first-order valence-corrected chi connectivity index (χ1v) is 8.67. The maximum Gasteiger partial charge on any atom is 0.270 e. The van der Waals surface area contributed by atoms with E-state index in [2.05, 4.69) is 16.2 Å². The number of nitrogens with zero attached hydrogens (tertiary/aromatic N) is 2. The zero-order chi connectivity index (χ0) is 19.3. The van der Waals surface area contributed by atoms with Gasteiger partial charge in [0.15, 0.2) is 5.69 Å². The van der Waals surface area contributed by atoms with Crippen LogP contribution in [0.15, 0.2) is 24.3 Å². The lowest BCUT2D eigenvalue weighted by Gasteiger charge is -2.04. The van der Waals surface area contributed by atoms with E-state index in [1.165, 1.54) is 16.2 Å². The van der Waals surface area contributed by atoms with Crippen LogP contribution in [0.3, 0.4) is 0 Å². The smallest absolute Gasteiger partial charge is 0.270 e. The number of aliphatic hydroxyl groups is 1. The number of carbonyl (C=O) groups excluding carboxylic acids is 2. The van der Waals surface area contributed by atoms with Gasteiger partial charge in [-0.05, 0) is 18.6 Å². The fourth-order valence-corrected chi connectivity index (χ4v) is 3.25. The third kappa shape index (κ3) is 4.39. The summed E-state index contributed by atoms with van der Waals surface area (Å²) in [5, 5.41) is 13.1. The Bertz CT molecular complexity index is 844. The zero-order valence-electron chi connectivity index (χ0n) is 14.5. The molecule has 1 aliphatic heterocycles. The van der Waals surface area contributed by atoms with Crippen LogP contribution < -0.4 is 11.1 Å². The number of benzene rings is 1. The molecule has 0 spiro atoms. The molecule has 7 nitrogen and oxygen atoms in total. The molecule has 0 saturated carbocycles. The van der Waals surface area contributed by atoms with Gasteiger partial charge in [-0.15, -0.1) is 6.42 Å². The Morgan fingerprint density at radius 3 is 2.69 bits per heavy atom. The number of nitrogens with one attached hydrogen (secondary N) is 1. The quantitative estimate of drug-likeness (QED) is 0.700. The van der Waals surface area contributed by atoms with Crippen molar-refractivity contribution in [1.82, 2.24) is 9.88 Å². The van der Waals surface area contributed by atoms with E-state index in [9.17, 15) is 9.59 Å². The number of aromatic nitrogens is 1. The average molecular weight is 372 g/mol. The minimum Gasteiger partial charge on any atom is -0.383 e. The van der Waals surface area contributed by atoms with Gasteiger partial charge in [-0.25, -0.2) is 4.98 Å². The SMILES string of the molecule is C#Cc1cccc(-c2nc(C(N)=O)c(NC)s2)c1.CN1CCC(O)C1=O. The van der Waals surface area contributed by atoms with Crippen molar-refractivity contribution in [3.05, 3.63) is 35.5 Å². The molecule has 2 amide bonds. The van der Waals surface area contributed by atoms with Crippen LogP contribution in [-0.2, 0) is 4.79 Å². The number of aliphatic hydroxyl groups excluding tert-OH is 1. The summed E-state index contributed by atoms with van der Waals surface area (Å²) in [5.74, 6) is 1.87. The molecule has 1 aromatic heterocycles. The second kappa shape index (κ2) is 8.47. The standard InChI is InChI=1S/C13H11N3OS.C5H9NO2/c1-3-8-5-4-6-9(7-8)12-16-10(11(14)17)13(15-2)18-12;1-6-3-2-4(7)5(6)8/h1,4-7,15H,2H3,(H2,14,17);4,7H,2-3H2,1H3. The summed E-state index contributed by atoms with van der Waals surface area (Å²) >= 11 is 1.37. The molecule has 26 heavy (non-hydrogen) atoms. The van der Waals surface area contributed by atoms with Crippen molar-refractivity contribution < 1.29 is 14.7 Å². The molecule has 136 valence electrons. The Kier molecular flexibility index (Phi) is 6.33. The Labute approximate surface area is 155 Å². The second-order valence-corrected chi connectivity index (χ2v) is 6.60. The lowest BCUT2D eigenvalue weighted by atomic mass is 10.1. The molecular weight excluding hydrogens is 352 g/mol. The topological polar surface area (TPSA) is 109 Å². The number of hydrogen-bond acceptors (Lipinski definition) is 6. The molecule has 1 atom stereocenters. The highest BCUT2D eigenvalue weighted by Crippen LogP contribution is 2.31. The summed E-state index contributed by atoms with van der Waals surface area (Å²) in [4.78, 5) is 27.6. The first-order valence-electron chi connectivity index (χ1n) is 7.85. The molecule has 2 heterocycles. The van der Waals surface area contributed by atoms with Gasteiger partial charge in [0.25, 0.3) is 11.8 Å². The Morgan fingerprint density at radius 2 is 2.27 bits per heavy atom. The number of anilines is 1. The van der Waals surface area contributed by atoms with E-state index < -0.39 is 12.0 Å². The number of nitrogens with two attached hydrogens (primary N) is 1. The maximum absolute atomic E-state index is 11.2. The predicted molar refractivity (Wildman–Crippen MR) is 102 cm³/mol. The highest BCUT2D eigenvalue weighted by atomic mass is 32.1. The van der Waals surface area contributed by atoms with Gasteiger partial charge in [0, 0.05) is 31.8 Å². The molecule has 4 N–H and O–H groups in total. The molecule has 1 unspecified atom stereocenters. The van der Waals surface area contributed by atoms with Crippen LogP contribution in [0, 0.1) is 12.3 Å². The van der Waals surface area contributed by atoms with Gasteiger partial charge in [-0.1, -0.05) is 29.4 Å². The summed E-state index contributed by atoms with van der Waals surface area (Å²) in [5.41, 5.74) is 7.17. The third-order valence-corrected chi connectivity index (χ3v) is 4.88. The summed E-state index contributed by atoms with van der Waals surface area (Å²) in [7, 11) is 3.42. The normalized spacial score (nSPS) is 15.8. The summed E-state index contributed by atoms with van der Waals surface area (Å²) < 4.78 is 0. The van der Waals surface area contributed by atoms with Crippen LogP contribution >= 0.6 is 11.3 Å². The third-order valence-electron chi connectivity index (χ3n) is 3.76. The van der Waals surface area contributed by atoms with E-state index in [4.69, 9.17) is 17.3 Å². The van der Waals surface area contributed by atoms with Crippen LogP contribution in [0.2, 0.25) is 0 Å². The predicted octanol–water partition coefficient (Wildman–Crippen LogP) is 1.14. The first kappa shape index (κ1) is 19.4. The van der Waals surface area contributed by atoms with Crippen molar-refractivity contribution in [2.75, 3.05) is 26.0 Å². The van der Waals surface area contributed by atoms with Gasteiger partial charge in [0.1, 0.15) is 16.1 Å². The van der Waals surface area contributed by atoms with Gasteiger partial charge in [-0.3, -0.25) is 9.59 Å². The largest absolute Gasteiger partial charge is 0.383 e. The maximum atomic E-state index is 11.2. The second-order valence-electron chi connectivity index (χ2n) is 5.60. The number of carbonyl (C=O) groups is 2. The van der Waals surface area contributed by atoms with Crippen LogP contribution in [0.4, 0.5) is 5.00 Å². The van der Waals surface area contributed by atoms with Crippen molar-refractivity contribution in [3.8, 4) is 22.9 Å². The minimum atomic E-state index is -0.722. The zero-order valence-corrected chi connectivity index (χ0v) is 15.3. The molecule has 2 aromatic rings. The van der Waals surface area contributed by atoms with E-state index >= 15 is 0 Å². The molecule has 1 fully saturated rings. The minimum absolute atomic E-state index is 0.148. The van der Waals surface area contributed by atoms with Gasteiger partial charge < -0.3 is 21.1 Å². The van der Waals surface area contributed by atoms with E-state index in [1.807, 2.05) is 24.3 Å². The number of rotatable bonds is 3. The van der Waals surface area contributed by atoms with Crippen LogP contribution in [0.25, 0.3) is 10.6 Å². The number of hydrogen-bond donors (Lipinski definition) is 3. The summed E-state index contributed by atoms with van der Waals surface area (Å²) in [6, 6.07) is 7.44. The van der Waals surface area contributed by atoms with E-state index in [0.29, 0.717) is 23.0 Å². The van der Waals surface area contributed by atoms with Crippen molar-refractivity contribution in [3.63, 3.8) is 0 Å². The van der Waals surface area contributed by atoms with Crippen molar-refractivity contribution in [2.45, 2.75) is 12.5 Å². The Hall–Kier alpha value is -2.89. The van der Waals surface area contributed by atoms with Gasteiger partial charge in [0.2, 0.25) is 0 Å². The van der Waals surface area contributed by atoms with E-state index in [-0.39, 0.29) is 11.6 Å². The molecule has 0 radical (unpaired) electrons. The molecule has 8 heteroatoms. The number of likely N-dealkylation sites (tertiary alicyclic amines) is 1. The molecular formula is C18H20N4O3S. The van der Waals surface area contributed by atoms with Crippen LogP contribution in [0.1, 0.15) is 22.5 Å².